The Labute approximate surface area is 171 Å². The molecule has 0 spiro atoms. The van der Waals surface area contributed by atoms with Crippen LogP contribution < -0.4 is 10.6 Å². The van der Waals surface area contributed by atoms with Crippen LogP contribution in [0, 0.1) is 0 Å². The highest BCUT2D eigenvalue weighted by Gasteiger charge is 2.25. The van der Waals surface area contributed by atoms with Crippen LogP contribution in [0.4, 0.5) is 0 Å². The van der Waals surface area contributed by atoms with Gasteiger partial charge in [-0.15, -0.1) is 24.0 Å². The number of nitrogens with one attached hydrogen (secondary N) is 2. The number of aliphatic imine (C=N–C) groups is 1. The van der Waals surface area contributed by atoms with Crippen LogP contribution in [-0.4, -0.2) is 74.0 Å². The SMILES string of the molecule is CCCN(CCC)CCCNC(=NC)NC1CCN(C(=O)CC)C1.I. The molecule has 25 heavy (non-hydrogen) atoms. The van der Waals surface area contributed by atoms with Gasteiger partial charge in [-0.1, -0.05) is 20.8 Å². The van der Waals surface area contributed by atoms with Crippen molar-refractivity contribution in [3.8, 4) is 0 Å². The summed E-state index contributed by atoms with van der Waals surface area (Å²) in [6, 6.07) is 0.309. The third-order valence-electron chi connectivity index (χ3n) is 4.43. The van der Waals surface area contributed by atoms with Gasteiger partial charge in [-0.3, -0.25) is 9.79 Å². The van der Waals surface area contributed by atoms with Gasteiger partial charge in [0.25, 0.3) is 0 Å². The summed E-state index contributed by atoms with van der Waals surface area (Å²) in [6.07, 6.45) is 5.13. The highest BCUT2D eigenvalue weighted by Crippen LogP contribution is 2.10. The van der Waals surface area contributed by atoms with Crippen LogP contribution in [0.25, 0.3) is 0 Å². The fourth-order valence-corrected chi connectivity index (χ4v) is 3.19. The highest BCUT2D eigenvalue weighted by molar-refractivity contribution is 14.0. The largest absolute Gasteiger partial charge is 0.356 e. The van der Waals surface area contributed by atoms with Gasteiger partial charge in [0.15, 0.2) is 5.96 Å². The van der Waals surface area contributed by atoms with Gasteiger partial charge in [-0.05, 0) is 45.3 Å². The van der Waals surface area contributed by atoms with E-state index in [0.717, 1.165) is 45.0 Å². The number of halogens is 1. The van der Waals surface area contributed by atoms with Gasteiger partial charge in [-0.25, -0.2) is 0 Å². The van der Waals surface area contributed by atoms with Gasteiger partial charge in [0, 0.05) is 39.1 Å². The van der Waals surface area contributed by atoms with Crippen molar-refractivity contribution < 1.29 is 4.79 Å². The Morgan fingerprint density at radius 2 is 1.88 bits per heavy atom. The fourth-order valence-electron chi connectivity index (χ4n) is 3.19. The fraction of sp³-hybridized carbons (Fsp3) is 0.889. The summed E-state index contributed by atoms with van der Waals surface area (Å²) < 4.78 is 0. The summed E-state index contributed by atoms with van der Waals surface area (Å²) in [7, 11) is 1.81. The lowest BCUT2D eigenvalue weighted by atomic mass is 10.3. The average Bonchev–Trinajstić information content (AvgIpc) is 3.05. The van der Waals surface area contributed by atoms with E-state index in [1.54, 1.807) is 7.05 Å². The van der Waals surface area contributed by atoms with Crippen LogP contribution in [0.3, 0.4) is 0 Å². The number of hydrogen-bond acceptors (Lipinski definition) is 3. The molecule has 0 aliphatic carbocycles. The first-order valence-electron chi connectivity index (χ1n) is 9.61. The number of amides is 1. The molecule has 0 aromatic heterocycles. The predicted molar refractivity (Wildman–Crippen MR) is 117 cm³/mol. The maximum atomic E-state index is 11.7. The first-order chi connectivity index (χ1) is 11.6. The minimum Gasteiger partial charge on any atom is -0.356 e. The lowest BCUT2D eigenvalue weighted by molar-refractivity contribution is -0.129. The molecule has 6 nitrogen and oxygen atoms in total. The molecule has 0 radical (unpaired) electrons. The number of likely N-dealkylation sites (tertiary alicyclic amines) is 1. The minimum atomic E-state index is 0. The van der Waals surface area contributed by atoms with Crippen LogP contribution in [0.1, 0.15) is 52.9 Å². The van der Waals surface area contributed by atoms with Gasteiger partial charge >= 0.3 is 0 Å². The smallest absolute Gasteiger partial charge is 0.222 e. The molecule has 148 valence electrons. The molecule has 1 aliphatic rings. The first-order valence-corrected chi connectivity index (χ1v) is 9.61. The molecule has 1 atom stereocenters. The molecule has 1 saturated heterocycles. The van der Waals surface area contributed by atoms with E-state index in [-0.39, 0.29) is 29.9 Å². The highest BCUT2D eigenvalue weighted by atomic mass is 127. The molecule has 7 heteroatoms. The van der Waals surface area contributed by atoms with Crippen LogP contribution in [-0.2, 0) is 4.79 Å². The number of nitrogens with zero attached hydrogens (tertiary/aromatic N) is 3. The molecule has 1 unspecified atom stereocenters. The van der Waals surface area contributed by atoms with Crippen molar-refractivity contribution in [1.82, 2.24) is 20.4 Å². The van der Waals surface area contributed by atoms with E-state index < -0.39 is 0 Å². The number of carbonyl (C=O) groups excluding carboxylic acids is 1. The zero-order valence-corrected chi connectivity index (χ0v) is 18.8. The van der Waals surface area contributed by atoms with E-state index in [2.05, 4.69) is 34.4 Å². The van der Waals surface area contributed by atoms with Gasteiger partial charge in [0.1, 0.15) is 0 Å². The van der Waals surface area contributed by atoms with Crippen molar-refractivity contribution in [2.75, 3.05) is 46.3 Å². The summed E-state index contributed by atoms with van der Waals surface area (Å²) in [5, 5.41) is 6.85. The van der Waals surface area contributed by atoms with Crippen LogP contribution in [0.2, 0.25) is 0 Å². The van der Waals surface area contributed by atoms with Crippen molar-refractivity contribution >= 4 is 35.8 Å². The normalized spacial score (nSPS) is 17.6. The molecule has 1 aliphatic heterocycles. The lowest BCUT2D eigenvalue weighted by Crippen LogP contribution is -2.45. The Morgan fingerprint density at radius 1 is 1.20 bits per heavy atom. The Hall–Kier alpha value is -0.570. The first kappa shape index (κ1) is 24.4. The third-order valence-corrected chi connectivity index (χ3v) is 4.43. The zero-order valence-electron chi connectivity index (χ0n) is 16.5. The summed E-state index contributed by atoms with van der Waals surface area (Å²) in [5.41, 5.74) is 0. The number of guanidine groups is 1. The van der Waals surface area contributed by atoms with Gasteiger partial charge in [-0.2, -0.15) is 0 Å². The summed E-state index contributed by atoms with van der Waals surface area (Å²) in [5.74, 6) is 1.09. The van der Waals surface area contributed by atoms with Gasteiger partial charge in [0.05, 0.1) is 0 Å². The lowest BCUT2D eigenvalue weighted by Gasteiger charge is -2.22. The van der Waals surface area contributed by atoms with E-state index in [9.17, 15) is 4.79 Å². The van der Waals surface area contributed by atoms with Crippen LogP contribution in [0.15, 0.2) is 4.99 Å². The van der Waals surface area contributed by atoms with E-state index in [4.69, 9.17) is 0 Å². The molecule has 1 fully saturated rings. The van der Waals surface area contributed by atoms with Crippen molar-refractivity contribution in [3.63, 3.8) is 0 Å². The van der Waals surface area contributed by atoms with Crippen molar-refractivity contribution in [3.05, 3.63) is 0 Å². The molecule has 0 aromatic carbocycles. The predicted octanol–water partition coefficient (Wildman–Crippen LogP) is 2.29. The molecule has 1 heterocycles. The van der Waals surface area contributed by atoms with E-state index in [1.165, 1.54) is 25.9 Å². The van der Waals surface area contributed by atoms with E-state index in [1.807, 2.05) is 11.8 Å². The Morgan fingerprint density at radius 3 is 2.44 bits per heavy atom. The number of hydrogen-bond donors (Lipinski definition) is 2. The Balaban J connectivity index is 0.00000576. The molecule has 0 bridgehead atoms. The molecule has 2 N–H and O–H groups in total. The van der Waals surface area contributed by atoms with Crippen LogP contribution in [0.5, 0.6) is 0 Å². The standard InChI is InChI=1S/C18H37N5O.HI/c1-5-11-22(12-6-2)13-8-10-20-18(19-4)21-16-9-14-23(15-16)17(24)7-3;/h16H,5-15H2,1-4H3,(H2,19,20,21);1H. The van der Waals surface area contributed by atoms with Gasteiger partial charge in [0.2, 0.25) is 5.91 Å². The Bertz CT molecular complexity index is 386. The topological polar surface area (TPSA) is 60.0 Å². The summed E-state index contributed by atoms with van der Waals surface area (Å²) in [4.78, 5) is 20.5. The minimum absolute atomic E-state index is 0. The second-order valence-electron chi connectivity index (χ2n) is 6.52. The monoisotopic (exact) mass is 467 g/mol. The zero-order chi connectivity index (χ0) is 17.8. The molecule has 1 rings (SSSR count). The van der Waals surface area contributed by atoms with Crippen LogP contribution >= 0.6 is 24.0 Å². The van der Waals surface area contributed by atoms with Crippen molar-refractivity contribution in [2.24, 2.45) is 4.99 Å². The molecular weight excluding hydrogens is 429 g/mol. The number of rotatable bonds is 10. The summed E-state index contributed by atoms with van der Waals surface area (Å²) >= 11 is 0. The second-order valence-corrected chi connectivity index (χ2v) is 6.52. The van der Waals surface area contributed by atoms with Gasteiger partial charge < -0.3 is 20.4 Å². The molecular formula is C18H38IN5O. The molecule has 1 amide bonds. The molecule has 0 aromatic rings. The second kappa shape index (κ2) is 14.6. The van der Waals surface area contributed by atoms with Crippen molar-refractivity contribution in [1.29, 1.82) is 0 Å². The maximum Gasteiger partial charge on any atom is 0.222 e. The summed E-state index contributed by atoms with van der Waals surface area (Å²) in [6.45, 7) is 12.5. The molecule has 0 saturated carbocycles. The van der Waals surface area contributed by atoms with Crippen molar-refractivity contribution in [2.45, 2.75) is 58.9 Å². The average molecular weight is 467 g/mol. The number of carbonyl (C=O) groups is 1. The maximum absolute atomic E-state index is 11.7. The van der Waals surface area contributed by atoms with E-state index in [0.29, 0.717) is 12.5 Å². The Kier molecular flexibility index (Phi) is 14.3. The third kappa shape index (κ3) is 9.63. The quantitative estimate of drug-likeness (QED) is 0.224. The van der Waals surface area contributed by atoms with E-state index >= 15 is 0 Å².